The summed E-state index contributed by atoms with van der Waals surface area (Å²) in [5.74, 6) is -1.52. The maximum Gasteiger partial charge on any atom is 0.338 e. The molecule has 0 aliphatic carbocycles. The van der Waals surface area contributed by atoms with Gasteiger partial charge in [0.05, 0.1) is 38.5 Å². The van der Waals surface area contributed by atoms with Crippen molar-refractivity contribution in [3.8, 4) is 0 Å². The molecule has 0 N–H and O–H groups in total. The van der Waals surface area contributed by atoms with Crippen LogP contribution in [0.3, 0.4) is 0 Å². The maximum absolute atomic E-state index is 13.3. The molecule has 0 unspecified atom stereocenters. The van der Waals surface area contributed by atoms with Gasteiger partial charge in [0.2, 0.25) is 0 Å². The van der Waals surface area contributed by atoms with E-state index >= 15 is 0 Å². The standard InChI is InChI=1S/C26H17N3O6/c1-15-22-23(20-4-2-3-5-21(20)27-15)25(31)28(24(22)30)18-12-8-17(9-13-18)26(32)35-14-16-6-10-19(11-7-16)29(33)34/h2-13H,14H2,1H3. The molecule has 2 heterocycles. The largest absolute Gasteiger partial charge is 0.457 e. The quantitative estimate of drug-likeness (QED) is 0.182. The number of para-hydroxylation sites is 1. The van der Waals surface area contributed by atoms with Gasteiger partial charge in [0.15, 0.2) is 0 Å². The summed E-state index contributed by atoms with van der Waals surface area (Å²) in [5, 5.41) is 11.3. The minimum Gasteiger partial charge on any atom is -0.457 e. The Labute approximate surface area is 198 Å². The van der Waals surface area contributed by atoms with Crippen molar-refractivity contribution in [2.75, 3.05) is 4.90 Å². The Morgan fingerprint density at radius 3 is 2.29 bits per heavy atom. The van der Waals surface area contributed by atoms with E-state index in [9.17, 15) is 24.5 Å². The van der Waals surface area contributed by atoms with E-state index in [-0.39, 0.29) is 23.4 Å². The Bertz CT molecular complexity index is 1530. The number of anilines is 1. The lowest BCUT2D eigenvalue weighted by Crippen LogP contribution is -2.29. The number of benzene rings is 3. The van der Waals surface area contributed by atoms with E-state index in [0.717, 1.165) is 4.90 Å². The van der Waals surface area contributed by atoms with Gasteiger partial charge in [0.25, 0.3) is 17.5 Å². The van der Waals surface area contributed by atoms with Gasteiger partial charge >= 0.3 is 5.97 Å². The van der Waals surface area contributed by atoms with Gasteiger partial charge in [-0.25, -0.2) is 9.69 Å². The van der Waals surface area contributed by atoms with Gasteiger partial charge in [0.1, 0.15) is 6.61 Å². The highest BCUT2D eigenvalue weighted by atomic mass is 16.6. The number of ether oxygens (including phenoxy) is 1. The van der Waals surface area contributed by atoms with Crippen LogP contribution in [0.5, 0.6) is 0 Å². The van der Waals surface area contributed by atoms with E-state index in [4.69, 9.17) is 4.74 Å². The summed E-state index contributed by atoms with van der Waals surface area (Å²) in [7, 11) is 0. The van der Waals surface area contributed by atoms with Crippen molar-refractivity contribution < 1.29 is 24.0 Å². The molecular formula is C26H17N3O6. The van der Waals surface area contributed by atoms with Crippen molar-refractivity contribution >= 4 is 40.1 Å². The number of hydrogen-bond acceptors (Lipinski definition) is 7. The summed E-state index contributed by atoms with van der Waals surface area (Å²) < 4.78 is 5.27. The van der Waals surface area contributed by atoms with E-state index in [1.54, 1.807) is 25.1 Å². The molecular weight excluding hydrogens is 450 g/mol. The number of carbonyl (C=O) groups excluding carboxylic acids is 3. The Morgan fingerprint density at radius 2 is 1.60 bits per heavy atom. The normalized spacial score (nSPS) is 12.7. The first-order chi connectivity index (χ1) is 16.8. The first-order valence-corrected chi connectivity index (χ1v) is 10.6. The molecule has 172 valence electrons. The number of esters is 1. The number of hydrogen-bond donors (Lipinski definition) is 0. The lowest BCUT2D eigenvalue weighted by atomic mass is 10.0. The van der Waals surface area contributed by atoms with Crippen LogP contribution in [0.15, 0.2) is 72.8 Å². The molecule has 0 saturated heterocycles. The maximum atomic E-state index is 13.3. The van der Waals surface area contributed by atoms with Gasteiger partial charge in [0, 0.05) is 17.5 Å². The minimum atomic E-state index is -0.608. The molecule has 35 heavy (non-hydrogen) atoms. The average molecular weight is 467 g/mol. The highest BCUT2D eigenvalue weighted by molar-refractivity contribution is 6.37. The average Bonchev–Trinajstić information content (AvgIpc) is 3.13. The summed E-state index contributed by atoms with van der Waals surface area (Å²) in [6, 6.07) is 18.8. The fraction of sp³-hybridized carbons (Fsp3) is 0.0769. The van der Waals surface area contributed by atoms with Gasteiger partial charge in [-0.2, -0.15) is 0 Å². The summed E-state index contributed by atoms with van der Waals surface area (Å²) in [6.45, 7) is 1.64. The molecule has 0 spiro atoms. The van der Waals surface area contributed by atoms with Crippen LogP contribution >= 0.6 is 0 Å². The van der Waals surface area contributed by atoms with Crippen LogP contribution in [0.2, 0.25) is 0 Å². The molecule has 1 aliphatic heterocycles. The summed E-state index contributed by atoms with van der Waals surface area (Å²) in [4.78, 5) is 54.6. The molecule has 9 heteroatoms. The fourth-order valence-electron chi connectivity index (χ4n) is 4.06. The molecule has 3 aromatic carbocycles. The predicted octanol–water partition coefficient (Wildman–Crippen LogP) is 4.61. The van der Waals surface area contributed by atoms with Crippen molar-refractivity contribution in [3.63, 3.8) is 0 Å². The predicted molar refractivity (Wildman–Crippen MR) is 126 cm³/mol. The topological polar surface area (TPSA) is 120 Å². The molecule has 1 aromatic heterocycles. The molecule has 0 atom stereocenters. The number of amides is 2. The number of rotatable bonds is 5. The molecule has 0 fully saturated rings. The lowest BCUT2D eigenvalue weighted by molar-refractivity contribution is -0.384. The van der Waals surface area contributed by atoms with E-state index < -0.39 is 22.7 Å². The van der Waals surface area contributed by atoms with Gasteiger partial charge < -0.3 is 4.74 Å². The Balaban J connectivity index is 1.34. The monoisotopic (exact) mass is 467 g/mol. The molecule has 0 radical (unpaired) electrons. The third-order valence-corrected chi connectivity index (χ3v) is 5.79. The van der Waals surface area contributed by atoms with E-state index in [1.165, 1.54) is 48.5 Å². The van der Waals surface area contributed by atoms with E-state index in [0.29, 0.717) is 33.4 Å². The molecule has 0 bridgehead atoms. The first-order valence-electron chi connectivity index (χ1n) is 10.6. The summed E-state index contributed by atoms with van der Waals surface area (Å²) >= 11 is 0. The number of imide groups is 1. The number of pyridine rings is 1. The number of aromatic nitrogens is 1. The third kappa shape index (κ3) is 3.78. The van der Waals surface area contributed by atoms with Crippen LogP contribution in [0.4, 0.5) is 11.4 Å². The molecule has 4 aromatic rings. The van der Waals surface area contributed by atoms with Crippen molar-refractivity contribution in [2.24, 2.45) is 0 Å². The van der Waals surface area contributed by atoms with Gasteiger partial charge in [-0.15, -0.1) is 0 Å². The van der Waals surface area contributed by atoms with Crippen LogP contribution in [0.1, 0.15) is 42.3 Å². The Morgan fingerprint density at radius 1 is 0.943 bits per heavy atom. The number of fused-ring (bicyclic) bond motifs is 3. The van der Waals surface area contributed by atoms with Gasteiger partial charge in [-0.1, -0.05) is 18.2 Å². The zero-order valence-corrected chi connectivity index (χ0v) is 18.4. The fourth-order valence-corrected chi connectivity index (χ4v) is 4.06. The first kappa shape index (κ1) is 21.9. The second-order valence-electron chi connectivity index (χ2n) is 7.96. The molecule has 1 aliphatic rings. The van der Waals surface area contributed by atoms with Gasteiger partial charge in [-0.05, 0) is 55.0 Å². The number of aryl methyl sites for hydroxylation is 1. The molecule has 9 nitrogen and oxygen atoms in total. The van der Waals surface area contributed by atoms with Crippen molar-refractivity contribution in [3.05, 3.63) is 111 Å². The summed E-state index contributed by atoms with van der Waals surface area (Å²) in [6.07, 6.45) is 0. The number of non-ortho nitro benzene ring substituents is 1. The highest BCUT2D eigenvalue weighted by Crippen LogP contribution is 2.34. The van der Waals surface area contributed by atoms with Gasteiger partial charge in [-0.3, -0.25) is 24.7 Å². The second kappa shape index (κ2) is 8.45. The number of nitrogens with zero attached hydrogens (tertiary/aromatic N) is 3. The Kier molecular flexibility index (Phi) is 5.29. The number of nitro benzene ring substituents is 1. The SMILES string of the molecule is Cc1nc2ccccc2c2c1C(=O)N(c1ccc(C(=O)OCc3ccc([N+](=O)[O-])cc3)cc1)C2=O. The zero-order valence-electron chi connectivity index (χ0n) is 18.4. The van der Waals surface area contributed by atoms with Crippen LogP contribution in [-0.4, -0.2) is 27.7 Å². The zero-order chi connectivity index (χ0) is 24.7. The van der Waals surface area contributed by atoms with E-state index in [1.807, 2.05) is 6.07 Å². The molecule has 2 amide bonds. The Hall–Kier alpha value is -4.92. The smallest absolute Gasteiger partial charge is 0.338 e. The van der Waals surface area contributed by atoms with Crippen LogP contribution in [-0.2, 0) is 11.3 Å². The lowest BCUT2D eigenvalue weighted by Gasteiger charge is -2.14. The van der Waals surface area contributed by atoms with Crippen molar-refractivity contribution in [2.45, 2.75) is 13.5 Å². The second-order valence-corrected chi connectivity index (χ2v) is 7.96. The highest BCUT2D eigenvalue weighted by Gasteiger charge is 2.40. The van der Waals surface area contributed by atoms with E-state index in [2.05, 4.69) is 4.98 Å². The van der Waals surface area contributed by atoms with Crippen LogP contribution in [0, 0.1) is 17.0 Å². The van der Waals surface area contributed by atoms with Crippen LogP contribution in [0.25, 0.3) is 10.9 Å². The molecule has 5 rings (SSSR count). The minimum absolute atomic E-state index is 0.0530. The summed E-state index contributed by atoms with van der Waals surface area (Å²) in [5.41, 5.74) is 2.82. The van der Waals surface area contributed by atoms with Crippen molar-refractivity contribution in [1.82, 2.24) is 4.98 Å². The number of carbonyl (C=O) groups is 3. The van der Waals surface area contributed by atoms with Crippen molar-refractivity contribution in [1.29, 1.82) is 0 Å². The van der Waals surface area contributed by atoms with Crippen LogP contribution < -0.4 is 4.90 Å². The third-order valence-electron chi connectivity index (χ3n) is 5.79. The molecule has 0 saturated carbocycles. The number of nitro groups is 1.